The van der Waals surface area contributed by atoms with Crippen LogP contribution in [0.15, 0.2) is 21.9 Å². The fourth-order valence-corrected chi connectivity index (χ4v) is 4.43. The predicted octanol–water partition coefficient (Wildman–Crippen LogP) is 2.00. The van der Waals surface area contributed by atoms with Gasteiger partial charge in [0.05, 0.1) is 4.90 Å². The number of ketones is 2. The fourth-order valence-electron chi connectivity index (χ4n) is 2.67. The zero-order valence-electron chi connectivity index (χ0n) is 14.6. The molecule has 10 heteroatoms. The van der Waals surface area contributed by atoms with Gasteiger partial charge in [-0.05, 0) is 24.5 Å². The third kappa shape index (κ3) is 5.97. The average Bonchev–Trinajstić information content (AvgIpc) is 2.45. The largest absolute Gasteiger partial charge is 0.299 e. The Hall–Kier alpha value is -1.62. The van der Waals surface area contributed by atoms with E-state index < -0.39 is 47.8 Å². The highest BCUT2D eigenvalue weighted by Gasteiger charge is 2.29. The van der Waals surface area contributed by atoms with Crippen molar-refractivity contribution in [2.45, 2.75) is 62.2 Å². The molecule has 1 rings (SSSR count). The van der Waals surface area contributed by atoms with E-state index in [0.717, 1.165) is 12.1 Å². The molecule has 0 amide bonds. The van der Waals surface area contributed by atoms with Gasteiger partial charge in [0, 0.05) is 31.2 Å². The zero-order valence-corrected chi connectivity index (χ0v) is 16.2. The van der Waals surface area contributed by atoms with E-state index in [1.165, 1.54) is 0 Å². The van der Waals surface area contributed by atoms with Crippen molar-refractivity contribution in [1.82, 2.24) is 0 Å². The highest BCUT2D eigenvalue weighted by atomic mass is 32.2. The van der Waals surface area contributed by atoms with Crippen LogP contribution in [-0.4, -0.2) is 37.5 Å². The SMILES string of the molecule is CCCC(=O)Cc1ccc(S(=O)(=O)O)c(CC(=O)CCC)c1S(=O)(=O)O. The van der Waals surface area contributed by atoms with Gasteiger partial charge in [-0.25, -0.2) is 0 Å². The van der Waals surface area contributed by atoms with E-state index >= 15 is 0 Å². The molecule has 8 nitrogen and oxygen atoms in total. The van der Waals surface area contributed by atoms with Crippen molar-refractivity contribution in [3.05, 3.63) is 23.3 Å². The molecule has 26 heavy (non-hydrogen) atoms. The van der Waals surface area contributed by atoms with Crippen LogP contribution in [0.3, 0.4) is 0 Å². The Balaban J connectivity index is 3.71. The quantitative estimate of drug-likeness (QED) is 0.562. The topological polar surface area (TPSA) is 143 Å². The number of carbonyl (C=O) groups excluding carboxylic acids is 2. The molecule has 0 heterocycles. The number of Topliss-reactive ketones (excluding diaryl/α,β-unsaturated/α-hetero) is 2. The van der Waals surface area contributed by atoms with Gasteiger partial charge in [0.15, 0.2) is 0 Å². The van der Waals surface area contributed by atoms with Crippen molar-refractivity contribution >= 4 is 31.8 Å². The van der Waals surface area contributed by atoms with Crippen LogP contribution < -0.4 is 0 Å². The van der Waals surface area contributed by atoms with Crippen molar-refractivity contribution in [3.63, 3.8) is 0 Å². The highest BCUT2D eigenvalue weighted by molar-refractivity contribution is 7.86. The van der Waals surface area contributed by atoms with Crippen LogP contribution in [0.1, 0.15) is 50.7 Å². The van der Waals surface area contributed by atoms with Crippen molar-refractivity contribution in [1.29, 1.82) is 0 Å². The van der Waals surface area contributed by atoms with E-state index in [-0.39, 0.29) is 30.6 Å². The van der Waals surface area contributed by atoms with E-state index in [1.54, 1.807) is 13.8 Å². The molecule has 0 aliphatic heterocycles. The second kappa shape index (κ2) is 8.85. The molecule has 0 aliphatic rings. The summed E-state index contributed by atoms with van der Waals surface area (Å²) in [7, 11) is -9.79. The first-order chi connectivity index (χ1) is 11.9. The van der Waals surface area contributed by atoms with Crippen LogP contribution in [0, 0.1) is 0 Å². The van der Waals surface area contributed by atoms with Gasteiger partial charge < -0.3 is 0 Å². The van der Waals surface area contributed by atoms with E-state index in [1.807, 2.05) is 0 Å². The predicted molar refractivity (Wildman–Crippen MR) is 93.3 cm³/mol. The molecule has 0 atom stereocenters. The number of benzene rings is 1. The molecule has 2 N–H and O–H groups in total. The van der Waals surface area contributed by atoms with Crippen molar-refractivity contribution < 1.29 is 35.5 Å². The Kier molecular flexibility index (Phi) is 7.63. The molecular weight excluding hydrogens is 384 g/mol. The second-order valence-corrected chi connectivity index (χ2v) is 8.66. The molecular formula is C16H22O8S2. The van der Waals surface area contributed by atoms with Crippen LogP contribution in [0.5, 0.6) is 0 Å². The van der Waals surface area contributed by atoms with Gasteiger partial charge in [-0.2, -0.15) is 16.8 Å². The minimum absolute atomic E-state index is 0.0643. The first-order valence-corrected chi connectivity index (χ1v) is 10.9. The molecule has 0 saturated heterocycles. The molecule has 146 valence electrons. The van der Waals surface area contributed by atoms with E-state index in [0.29, 0.717) is 12.8 Å². The Morgan fingerprint density at radius 1 is 0.846 bits per heavy atom. The molecule has 0 aromatic heterocycles. The molecule has 0 unspecified atom stereocenters. The number of hydrogen-bond acceptors (Lipinski definition) is 6. The lowest BCUT2D eigenvalue weighted by Crippen LogP contribution is -2.17. The average molecular weight is 406 g/mol. The lowest BCUT2D eigenvalue weighted by Gasteiger charge is -2.15. The lowest BCUT2D eigenvalue weighted by atomic mass is 9.99. The first kappa shape index (κ1) is 22.4. The van der Waals surface area contributed by atoms with Gasteiger partial charge in [0.25, 0.3) is 20.2 Å². The number of carbonyl (C=O) groups is 2. The summed E-state index contributed by atoms with van der Waals surface area (Å²) in [6, 6.07) is 1.99. The van der Waals surface area contributed by atoms with E-state index in [2.05, 4.69) is 0 Å². The smallest absolute Gasteiger partial charge is 0.295 e. The Labute approximate surface area is 153 Å². The van der Waals surface area contributed by atoms with E-state index in [4.69, 9.17) is 0 Å². The third-order valence-electron chi connectivity index (χ3n) is 3.65. The summed E-state index contributed by atoms with van der Waals surface area (Å²) in [6.07, 6.45) is 0.280. The van der Waals surface area contributed by atoms with Gasteiger partial charge >= 0.3 is 0 Å². The molecule has 0 spiro atoms. The van der Waals surface area contributed by atoms with Crippen LogP contribution in [0.25, 0.3) is 0 Å². The molecule has 0 fully saturated rings. The van der Waals surface area contributed by atoms with Crippen molar-refractivity contribution in [3.8, 4) is 0 Å². The normalized spacial score (nSPS) is 12.2. The highest BCUT2D eigenvalue weighted by Crippen LogP contribution is 2.29. The summed E-state index contributed by atoms with van der Waals surface area (Å²) in [6.45, 7) is 3.48. The molecule has 0 radical (unpaired) electrons. The van der Waals surface area contributed by atoms with Crippen LogP contribution in [0.2, 0.25) is 0 Å². The summed E-state index contributed by atoms with van der Waals surface area (Å²) in [5.41, 5.74) is -0.632. The van der Waals surface area contributed by atoms with E-state index in [9.17, 15) is 35.5 Å². The van der Waals surface area contributed by atoms with Gasteiger partial charge in [0.1, 0.15) is 16.5 Å². The van der Waals surface area contributed by atoms with Crippen LogP contribution in [0.4, 0.5) is 0 Å². The van der Waals surface area contributed by atoms with Gasteiger partial charge in [-0.1, -0.05) is 19.9 Å². The summed E-state index contributed by atoms with van der Waals surface area (Å²) in [4.78, 5) is 22.3. The maximum Gasteiger partial charge on any atom is 0.295 e. The summed E-state index contributed by atoms with van der Waals surface area (Å²) < 4.78 is 66.0. The van der Waals surface area contributed by atoms with Crippen LogP contribution in [-0.2, 0) is 42.7 Å². The summed E-state index contributed by atoms with van der Waals surface area (Å²) in [5.74, 6) is -0.762. The maximum absolute atomic E-state index is 12.0. The standard InChI is InChI=1S/C16H22O8S2/c1-3-5-12(17)9-11-7-8-15(25(19,20)21)14(10-13(18)6-4-2)16(11)26(22,23)24/h7-8H,3-6,9-10H2,1-2H3,(H,19,20,21)(H,22,23,24). The first-order valence-electron chi connectivity index (χ1n) is 8.04. The third-order valence-corrected chi connectivity index (χ3v) is 5.62. The maximum atomic E-state index is 12.0. The van der Waals surface area contributed by atoms with Crippen molar-refractivity contribution in [2.24, 2.45) is 0 Å². The fraction of sp³-hybridized carbons (Fsp3) is 0.500. The van der Waals surface area contributed by atoms with Gasteiger partial charge in [-0.15, -0.1) is 0 Å². The molecule has 0 aliphatic carbocycles. The van der Waals surface area contributed by atoms with Crippen LogP contribution >= 0.6 is 0 Å². The monoisotopic (exact) mass is 406 g/mol. The van der Waals surface area contributed by atoms with Gasteiger partial charge in [-0.3, -0.25) is 18.7 Å². The number of rotatable bonds is 10. The molecule has 0 saturated carbocycles. The minimum Gasteiger partial charge on any atom is -0.299 e. The second-order valence-electron chi connectivity index (χ2n) is 5.91. The Bertz CT molecular complexity index is 898. The van der Waals surface area contributed by atoms with Gasteiger partial charge in [0.2, 0.25) is 0 Å². The summed E-state index contributed by atoms with van der Waals surface area (Å²) in [5, 5.41) is 0. The summed E-state index contributed by atoms with van der Waals surface area (Å²) >= 11 is 0. The minimum atomic E-state index is -4.95. The zero-order chi connectivity index (χ0) is 20.1. The number of hydrogen-bond donors (Lipinski definition) is 2. The molecule has 1 aromatic rings. The Morgan fingerprint density at radius 2 is 1.35 bits per heavy atom. The molecule has 1 aromatic carbocycles. The lowest BCUT2D eigenvalue weighted by molar-refractivity contribution is -0.119. The Morgan fingerprint density at radius 3 is 1.77 bits per heavy atom. The molecule has 0 bridgehead atoms. The van der Waals surface area contributed by atoms with Crippen molar-refractivity contribution in [2.75, 3.05) is 0 Å².